The van der Waals surface area contributed by atoms with Gasteiger partial charge in [0.25, 0.3) is 0 Å². The number of benzene rings is 1. The molecule has 5 N–H and O–H groups in total. The highest BCUT2D eigenvalue weighted by atomic mass is 16.4. The number of hydrogen-bond acceptors (Lipinski definition) is 5. The van der Waals surface area contributed by atoms with Crippen LogP contribution in [0.15, 0.2) is 12.1 Å². The van der Waals surface area contributed by atoms with Gasteiger partial charge in [0, 0.05) is 11.1 Å². The topological polar surface area (TPSA) is 118 Å². The first kappa shape index (κ1) is 12.3. The zero-order chi connectivity index (χ0) is 12.5. The Labute approximate surface area is 91.0 Å². The first-order chi connectivity index (χ1) is 7.36. The van der Waals surface area contributed by atoms with Crippen molar-refractivity contribution in [3.8, 4) is 11.5 Å². The monoisotopic (exact) mass is 228 g/mol. The number of aromatic hydroxyl groups is 2. The van der Waals surface area contributed by atoms with E-state index in [9.17, 15) is 20.1 Å². The molecule has 1 aromatic carbocycles. The number of phenolic OH excluding ortho intramolecular Hbond substituents is 2. The van der Waals surface area contributed by atoms with Crippen molar-refractivity contribution in [2.45, 2.75) is 19.1 Å². The van der Waals surface area contributed by atoms with Crippen molar-refractivity contribution < 1.29 is 30.3 Å². The predicted octanol–water partition coefficient (Wildman–Crippen LogP) is -0.115. The maximum absolute atomic E-state index is 10.4. The van der Waals surface area contributed by atoms with Crippen LogP contribution in [-0.4, -0.2) is 37.6 Å². The van der Waals surface area contributed by atoms with Crippen LogP contribution in [0.5, 0.6) is 11.5 Å². The van der Waals surface area contributed by atoms with Gasteiger partial charge in [-0.2, -0.15) is 0 Å². The van der Waals surface area contributed by atoms with E-state index < -0.39 is 23.9 Å². The molecule has 2 unspecified atom stereocenters. The van der Waals surface area contributed by atoms with E-state index in [2.05, 4.69) is 0 Å². The fourth-order valence-corrected chi connectivity index (χ4v) is 1.25. The van der Waals surface area contributed by atoms with Crippen LogP contribution in [0, 0.1) is 6.92 Å². The summed E-state index contributed by atoms with van der Waals surface area (Å²) in [6.45, 7) is 1.40. The summed E-state index contributed by atoms with van der Waals surface area (Å²) in [6, 6.07) is 2.34. The molecule has 88 valence electrons. The van der Waals surface area contributed by atoms with Crippen LogP contribution in [0.1, 0.15) is 17.2 Å². The van der Waals surface area contributed by atoms with Crippen LogP contribution >= 0.6 is 0 Å². The standard InChI is InChI=1S/C10H12O6/c1-4-6(11)3-2-5(7(4)12)8(13)9(14)10(15)16/h2-3,8-9,11-14H,1H3,(H,15,16). The van der Waals surface area contributed by atoms with E-state index in [1.165, 1.54) is 13.0 Å². The molecule has 0 aliphatic heterocycles. The molecular weight excluding hydrogens is 216 g/mol. The Morgan fingerprint density at radius 2 is 1.81 bits per heavy atom. The number of aliphatic carboxylic acids is 1. The average molecular weight is 228 g/mol. The molecule has 0 radical (unpaired) electrons. The summed E-state index contributed by atoms with van der Waals surface area (Å²) in [6.07, 6.45) is -3.79. The predicted molar refractivity (Wildman–Crippen MR) is 53.1 cm³/mol. The fourth-order valence-electron chi connectivity index (χ4n) is 1.25. The molecule has 0 aliphatic rings. The van der Waals surface area contributed by atoms with Gasteiger partial charge in [-0.1, -0.05) is 0 Å². The first-order valence-corrected chi connectivity index (χ1v) is 4.46. The van der Waals surface area contributed by atoms with Crippen molar-refractivity contribution >= 4 is 5.97 Å². The zero-order valence-corrected chi connectivity index (χ0v) is 8.45. The Morgan fingerprint density at radius 1 is 1.25 bits per heavy atom. The lowest BCUT2D eigenvalue weighted by atomic mass is 10.0. The average Bonchev–Trinajstić information content (AvgIpc) is 2.24. The number of aliphatic hydroxyl groups is 2. The molecule has 2 atom stereocenters. The van der Waals surface area contributed by atoms with E-state index in [1.807, 2.05) is 0 Å². The minimum atomic E-state index is -2.03. The first-order valence-electron chi connectivity index (χ1n) is 4.46. The summed E-state index contributed by atoms with van der Waals surface area (Å²) in [4.78, 5) is 10.4. The molecule has 0 saturated carbocycles. The zero-order valence-electron chi connectivity index (χ0n) is 8.45. The molecule has 1 rings (SSSR count). The second-order valence-electron chi connectivity index (χ2n) is 3.38. The molecule has 0 bridgehead atoms. The number of phenols is 2. The summed E-state index contributed by atoms with van der Waals surface area (Å²) in [5.41, 5.74) is -0.0423. The van der Waals surface area contributed by atoms with Gasteiger partial charge in [-0.15, -0.1) is 0 Å². The van der Waals surface area contributed by atoms with Crippen molar-refractivity contribution in [2.75, 3.05) is 0 Å². The molecule has 6 heteroatoms. The van der Waals surface area contributed by atoms with Gasteiger partial charge < -0.3 is 25.5 Å². The molecule has 16 heavy (non-hydrogen) atoms. The maximum atomic E-state index is 10.4. The number of carbonyl (C=O) groups is 1. The molecule has 0 heterocycles. The maximum Gasteiger partial charge on any atom is 0.335 e. The Hall–Kier alpha value is -1.79. The number of carboxylic acid groups (broad SMARTS) is 1. The second kappa shape index (κ2) is 4.38. The number of hydrogen-bond donors (Lipinski definition) is 5. The molecule has 1 aromatic rings. The fraction of sp³-hybridized carbons (Fsp3) is 0.300. The quantitative estimate of drug-likeness (QED) is 0.492. The van der Waals surface area contributed by atoms with Gasteiger partial charge in [0.15, 0.2) is 6.10 Å². The lowest BCUT2D eigenvalue weighted by Gasteiger charge is -2.17. The van der Waals surface area contributed by atoms with Crippen molar-refractivity contribution in [3.63, 3.8) is 0 Å². The number of rotatable bonds is 3. The third-order valence-corrected chi connectivity index (χ3v) is 2.30. The highest BCUT2D eigenvalue weighted by molar-refractivity contribution is 5.73. The molecular formula is C10H12O6. The van der Waals surface area contributed by atoms with E-state index in [-0.39, 0.29) is 16.9 Å². The van der Waals surface area contributed by atoms with Crippen LogP contribution in [0.3, 0.4) is 0 Å². The van der Waals surface area contributed by atoms with E-state index >= 15 is 0 Å². The van der Waals surface area contributed by atoms with E-state index in [1.54, 1.807) is 0 Å². The van der Waals surface area contributed by atoms with Gasteiger partial charge >= 0.3 is 5.97 Å². The number of aliphatic hydroxyl groups excluding tert-OH is 2. The van der Waals surface area contributed by atoms with Gasteiger partial charge in [-0.25, -0.2) is 4.79 Å². The largest absolute Gasteiger partial charge is 0.508 e. The highest BCUT2D eigenvalue weighted by Gasteiger charge is 2.28. The van der Waals surface area contributed by atoms with Gasteiger partial charge in [0.05, 0.1) is 0 Å². The summed E-state index contributed by atoms with van der Waals surface area (Å²) < 4.78 is 0. The van der Waals surface area contributed by atoms with Gasteiger partial charge in [-0.3, -0.25) is 0 Å². The smallest absolute Gasteiger partial charge is 0.335 e. The van der Waals surface area contributed by atoms with Crippen molar-refractivity contribution in [1.29, 1.82) is 0 Å². The lowest BCUT2D eigenvalue weighted by Crippen LogP contribution is -2.27. The highest BCUT2D eigenvalue weighted by Crippen LogP contribution is 2.34. The normalized spacial score (nSPS) is 14.4. The molecule has 0 aromatic heterocycles. The lowest BCUT2D eigenvalue weighted by molar-refractivity contribution is -0.153. The third kappa shape index (κ3) is 2.07. The molecule has 0 spiro atoms. The number of carboxylic acids is 1. The summed E-state index contributed by atoms with van der Waals surface area (Å²) >= 11 is 0. The molecule has 0 saturated heterocycles. The molecule has 6 nitrogen and oxygen atoms in total. The minimum absolute atomic E-state index is 0.106. The van der Waals surface area contributed by atoms with E-state index in [0.29, 0.717) is 0 Å². The van der Waals surface area contributed by atoms with Crippen LogP contribution in [0.4, 0.5) is 0 Å². The summed E-state index contributed by atoms with van der Waals surface area (Å²) in [5, 5.41) is 45.9. The van der Waals surface area contributed by atoms with E-state index in [0.717, 1.165) is 6.07 Å². The summed E-state index contributed by atoms with van der Waals surface area (Å²) in [7, 11) is 0. The molecule has 0 aliphatic carbocycles. The molecule has 0 amide bonds. The Kier molecular flexibility index (Phi) is 3.36. The Balaban J connectivity index is 3.14. The van der Waals surface area contributed by atoms with Crippen molar-refractivity contribution in [3.05, 3.63) is 23.3 Å². The Bertz CT molecular complexity index is 414. The van der Waals surface area contributed by atoms with Crippen LogP contribution in [0.25, 0.3) is 0 Å². The Morgan fingerprint density at radius 3 is 2.31 bits per heavy atom. The molecule has 0 fully saturated rings. The SMILES string of the molecule is Cc1c(O)ccc(C(O)C(O)C(=O)O)c1O. The summed E-state index contributed by atoms with van der Waals surface area (Å²) in [5.74, 6) is -2.22. The van der Waals surface area contributed by atoms with E-state index in [4.69, 9.17) is 10.2 Å². The minimum Gasteiger partial charge on any atom is -0.508 e. The van der Waals surface area contributed by atoms with Crippen LogP contribution < -0.4 is 0 Å². The van der Waals surface area contributed by atoms with Crippen molar-refractivity contribution in [2.24, 2.45) is 0 Å². The van der Waals surface area contributed by atoms with Crippen LogP contribution in [-0.2, 0) is 4.79 Å². The van der Waals surface area contributed by atoms with Gasteiger partial charge in [0.1, 0.15) is 17.6 Å². The van der Waals surface area contributed by atoms with Gasteiger partial charge in [0.2, 0.25) is 0 Å². The second-order valence-corrected chi connectivity index (χ2v) is 3.38. The third-order valence-electron chi connectivity index (χ3n) is 2.30. The van der Waals surface area contributed by atoms with Gasteiger partial charge in [-0.05, 0) is 19.1 Å². The van der Waals surface area contributed by atoms with Crippen LogP contribution in [0.2, 0.25) is 0 Å². The van der Waals surface area contributed by atoms with Crippen molar-refractivity contribution in [1.82, 2.24) is 0 Å².